The third-order valence-electron chi connectivity index (χ3n) is 2.84. The molecule has 1 atom stereocenters. The van der Waals surface area contributed by atoms with E-state index in [1.165, 1.54) is 18.9 Å². The van der Waals surface area contributed by atoms with Crippen molar-refractivity contribution in [3.63, 3.8) is 0 Å². The Balaban J connectivity index is 2.45. The lowest BCUT2D eigenvalue weighted by molar-refractivity contribution is -0.139. The molecule has 1 amide bonds. The zero-order valence-electron chi connectivity index (χ0n) is 12.6. The molecule has 0 aliphatic rings. The van der Waals surface area contributed by atoms with Crippen LogP contribution in [0.2, 0.25) is 5.02 Å². The number of nitrogens with one attached hydrogen (secondary N) is 1. The van der Waals surface area contributed by atoms with Crippen LogP contribution in [0, 0.1) is 0 Å². The number of benzene rings is 1. The van der Waals surface area contributed by atoms with Crippen LogP contribution in [0.3, 0.4) is 0 Å². The zero-order valence-corrected chi connectivity index (χ0v) is 14.2. The second kappa shape index (κ2) is 9.02. The summed E-state index contributed by atoms with van der Waals surface area (Å²) in [6, 6.07) is 7.45. The van der Waals surface area contributed by atoms with Crippen molar-refractivity contribution < 1.29 is 19.4 Å². The van der Waals surface area contributed by atoms with Crippen LogP contribution >= 0.6 is 23.4 Å². The van der Waals surface area contributed by atoms with Gasteiger partial charge in [-0.05, 0) is 24.6 Å². The lowest BCUT2D eigenvalue weighted by Crippen LogP contribution is -2.51. The highest BCUT2D eigenvalue weighted by Crippen LogP contribution is 2.17. The van der Waals surface area contributed by atoms with E-state index in [4.69, 9.17) is 21.4 Å². The van der Waals surface area contributed by atoms with Crippen LogP contribution in [0.5, 0.6) is 0 Å². The first-order valence-electron chi connectivity index (χ1n) is 6.68. The molecule has 0 fully saturated rings. The molecular formula is C15H20ClNO4S. The average Bonchev–Trinajstić information content (AvgIpc) is 2.37. The van der Waals surface area contributed by atoms with Gasteiger partial charge in [0.1, 0.15) is 0 Å². The van der Waals surface area contributed by atoms with E-state index in [1.54, 1.807) is 13.0 Å². The molecule has 5 nitrogen and oxygen atoms in total. The minimum atomic E-state index is -0.980. The van der Waals surface area contributed by atoms with Gasteiger partial charge in [0.25, 0.3) is 0 Å². The fourth-order valence-electron chi connectivity index (χ4n) is 2.04. The van der Waals surface area contributed by atoms with Crippen molar-refractivity contribution in [3.8, 4) is 0 Å². The van der Waals surface area contributed by atoms with Crippen LogP contribution in [0.4, 0.5) is 0 Å². The van der Waals surface area contributed by atoms with Gasteiger partial charge < -0.3 is 15.2 Å². The maximum absolute atomic E-state index is 12.0. The van der Waals surface area contributed by atoms with Crippen molar-refractivity contribution in [1.82, 2.24) is 5.32 Å². The van der Waals surface area contributed by atoms with Gasteiger partial charge in [-0.15, -0.1) is 11.8 Å². The standard InChI is InChI=1S/C15H20ClNO4S/c1-15(10-21-2,7-14(19)20)17-13(18)9-22-8-11-4-3-5-12(16)6-11/h3-6H,7-10H2,1-2H3,(H,17,18)(H,19,20). The molecule has 0 aromatic heterocycles. The van der Waals surface area contributed by atoms with Gasteiger partial charge in [0, 0.05) is 17.9 Å². The van der Waals surface area contributed by atoms with Gasteiger partial charge in [0.15, 0.2) is 0 Å². The second-order valence-electron chi connectivity index (χ2n) is 5.24. The SMILES string of the molecule is COCC(C)(CC(=O)O)NC(=O)CSCc1cccc(Cl)c1. The number of rotatable bonds is 9. The summed E-state index contributed by atoms with van der Waals surface area (Å²) in [5.41, 5.74) is 0.129. The number of methoxy groups -OCH3 is 1. The fourth-order valence-corrected chi connectivity index (χ4v) is 3.03. The summed E-state index contributed by atoms with van der Waals surface area (Å²) in [5.74, 6) is -0.293. The number of halogens is 1. The van der Waals surface area contributed by atoms with Crippen molar-refractivity contribution in [2.45, 2.75) is 24.6 Å². The topological polar surface area (TPSA) is 75.6 Å². The van der Waals surface area contributed by atoms with E-state index in [2.05, 4.69) is 5.32 Å². The number of carbonyl (C=O) groups is 2. The van der Waals surface area contributed by atoms with Crippen LogP contribution in [0.25, 0.3) is 0 Å². The summed E-state index contributed by atoms with van der Waals surface area (Å²) in [4.78, 5) is 22.8. The molecule has 122 valence electrons. The van der Waals surface area contributed by atoms with E-state index in [-0.39, 0.29) is 24.7 Å². The van der Waals surface area contributed by atoms with Gasteiger partial charge in [-0.3, -0.25) is 9.59 Å². The van der Waals surface area contributed by atoms with E-state index in [9.17, 15) is 9.59 Å². The molecule has 0 aliphatic heterocycles. The third-order valence-corrected chi connectivity index (χ3v) is 4.08. The molecule has 1 aromatic rings. The smallest absolute Gasteiger partial charge is 0.305 e. The number of ether oxygens (including phenoxy) is 1. The number of carboxylic acids is 1. The Labute approximate surface area is 139 Å². The molecule has 0 bridgehead atoms. The van der Waals surface area contributed by atoms with Crippen molar-refractivity contribution in [3.05, 3.63) is 34.9 Å². The highest BCUT2D eigenvalue weighted by atomic mass is 35.5. The third kappa shape index (κ3) is 7.15. The molecule has 1 unspecified atom stereocenters. The average molecular weight is 346 g/mol. The van der Waals surface area contributed by atoms with Gasteiger partial charge in [-0.25, -0.2) is 0 Å². The lowest BCUT2D eigenvalue weighted by atomic mass is 9.99. The van der Waals surface area contributed by atoms with E-state index >= 15 is 0 Å². The molecule has 0 spiro atoms. The van der Waals surface area contributed by atoms with Crippen LogP contribution in [0.15, 0.2) is 24.3 Å². The molecular weight excluding hydrogens is 326 g/mol. The molecule has 22 heavy (non-hydrogen) atoms. The molecule has 1 aromatic carbocycles. The Hall–Kier alpha value is -1.24. The first-order chi connectivity index (χ1) is 10.3. The van der Waals surface area contributed by atoms with Crippen molar-refractivity contribution in [2.75, 3.05) is 19.5 Å². The summed E-state index contributed by atoms with van der Waals surface area (Å²) in [6.07, 6.45) is -0.189. The van der Waals surface area contributed by atoms with E-state index < -0.39 is 11.5 Å². The van der Waals surface area contributed by atoms with Crippen molar-refractivity contribution in [2.24, 2.45) is 0 Å². The molecule has 0 saturated carbocycles. The minimum absolute atomic E-state index is 0.143. The van der Waals surface area contributed by atoms with Gasteiger partial charge in [0.05, 0.1) is 24.3 Å². The summed E-state index contributed by atoms with van der Waals surface area (Å²) in [7, 11) is 1.47. The predicted octanol–water partition coefficient (Wildman–Crippen LogP) is 2.57. The van der Waals surface area contributed by atoms with Gasteiger partial charge in [0.2, 0.25) is 5.91 Å². The number of carboxylic acid groups (broad SMARTS) is 1. The molecule has 0 heterocycles. The normalized spacial score (nSPS) is 13.4. The number of hydrogen-bond acceptors (Lipinski definition) is 4. The highest BCUT2D eigenvalue weighted by molar-refractivity contribution is 7.99. The second-order valence-corrected chi connectivity index (χ2v) is 6.66. The van der Waals surface area contributed by atoms with E-state index in [0.29, 0.717) is 10.8 Å². The Morgan fingerprint density at radius 1 is 1.45 bits per heavy atom. The molecule has 0 radical (unpaired) electrons. The first-order valence-corrected chi connectivity index (χ1v) is 8.22. The minimum Gasteiger partial charge on any atom is -0.481 e. The highest BCUT2D eigenvalue weighted by Gasteiger charge is 2.29. The maximum Gasteiger partial charge on any atom is 0.305 e. The number of hydrogen-bond donors (Lipinski definition) is 2. The Kier molecular flexibility index (Phi) is 7.72. The van der Waals surface area contributed by atoms with Gasteiger partial charge in [-0.1, -0.05) is 23.7 Å². The van der Waals surface area contributed by atoms with E-state index in [1.807, 2.05) is 18.2 Å². The summed E-state index contributed by atoms with van der Waals surface area (Å²) in [5, 5.41) is 12.3. The monoisotopic (exact) mass is 345 g/mol. The maximum atomic E-state index is 12.0. The Bertz CT molecular complexity index is 526. The van der Waals surface area contributed by atoms with Crippen LogP contribution in [-0.4, -0.2) is 42.0 Å². The molecule has 0 saturated heterocycles. The number of aliphatic carboxylic acids is 1. The number of carbonyl (C=O) groups excluding carboxylic acids is 1. The van der Waals surface area contributed by atoms with Crippen LogP contribution in [0.1, 0.15) is 18.9 Å². The number of thioether (sulfide) groups is 1. The number of amides is 1. The lowest BCUT2D eigenvalue weighted by Gasteiger charge is -2.28. The van der Waals surface area contributed by atoms with Crippen molar-refractivity contribution >= 4 is 35.2 Å². The molecule has 2 N–H and O–H groups in total. The van der Waals surface area contributed by atoms with Crippen LogP contribution in [-0.2, 0) is 20.1 Å². The fraction of sp³-hybridized carbons (Fsp3) is 0.467. The molecule has 7 heteroatoms. The Morgan fingerprint density at radius 3 is 2.77 bits per heavy atom. The summed E-state index contributed by atoms with van der Waals surface area (Å²) in [6.45, 7) is 1.80. The van der Waals surface area contributed by atoms with Gasteiger partial charge >= 0.3 is 5.97 Å². The Morgan fingerprint density at radius 2 is 2.18 bits per heavy atom. The van der Waals surface area contributed by atoms with Crippen molar-refractivity contribution in [1.29, 1.82) is 0 Å². The molecule has 1 rings (SSSR count). The quantitative estimate of drug-likeness (QED) is 0.719. The summed E-state index contributed by atoms with van der Waals surface area (Å²) >= 11 is 7.34. The van der Waals surface area contributed by atoms with E-state index in [0.717, 1.165) is 5.56 Å². The van der Waals surface area contributed by atoms with Gasteiger partial charge in [-0.2, -0.15) is 0 Å². The molecule has 0 aliphatic carbocycles. The largest absolute Gasteiger partial charge is 0.481 e. The predicted molar refractivity (Wildman–Crippen MR) is 88.3 cm³/mol. The zero-order chi connectivity index (χ0) is 16.6. The summed E-state index contributed by atoms with van der Waals surface area (Å²) < 4.78 is 5.00. The first kappa shape index (κ1) is 18.8. The van der Waals surface area contributed by atoms with Crippen LogP contribution < -0.4 is 5.32 Å².